The van der Waals surface area contributed by atoms with Gasteiger partial charge in [-0.1, -0.05) is 18.2 Å². The smallest absolute Gasteiger partial charge is 0.257 e. The Morgan fingerprint density at radius 3 is 2.36 bits per heavy atom. The molecule has 3 heteroatoms. The van der Waals surface area contributed by atoms with Crippen molar-refractivity contribution in [2.75, 3.05) is 7.05 Å². The molecule has 78 valence electrons. The maximum absolute atomic E-state index is 12.6. The van der Waals surface area contributed by atoms with E-state index in [2.05, 4.69) is 5.32 Å². The summed E-state index contributed by atoms with van der Waals surface area (Å²) in [5, 5.41) is 2.64. The van der Waals surface area contributed by atoms with E-state index >= 15 is 0 Å². The van der Waals surface area contributed by atoms with Crippen molar-refractivity contribution in [2.45, 2.75) is 26.3 Å². The Labute approximate surface area is 83.1 Å². The lowest BCUT2D eigenvalue weighted by Crippen LogP contribution is -2.24. The van der Waals surface area contributed by atoms with Crippen LogP contribution in [-0.2, 0) is 0 Å². The highest BCUT2D eigenvalue weighted by molar-refractivity contribution is 5.35. The van der Waals surface area contributed by atoms with Crippen molar-refractivity contribution in [3.05, 3.63) is 34.9 Å². The summed E-state index contributed by atoms with van der Waals surface area (Å²) in [4.78, 5) is 0. The second-order valence-corrected chi connectivity index (χ2v) is 3.39. The maximum Gasteiger partial charge on any atom is 0.257 e. The highest BCUT2D eigenvalue weighted by Crippen LogP contribution is 2.24. The number of alkyl halides is 2. The van der Waals surface area contributed by atoms with Gasteiger partial charge in [0.25, 0.3) is 6.43 Å². The Morgan fingerprint density at radius 1 is 1.21 bits per heavy atom. The topological polar surface area (TPSA) is 12.0 Å². The Kier molecular flexibility index (Phi) is 3.58. The van der Waals surface area contributed by atoms with Crippen LogP contribution in [0.15, 0.2) is 18.2 Å². The maximum atomic E-state index is 12.6. The first-order valence-corrected chi connectivity index (χ1v) is 4.59. The van der Waals surface area contributed by atoms with E-state index in [9.17, 15) is 8.78 Å². The number of benzene rings is 1. The van der Waals surface area contributed by atoms with Crippen molar-refractivity contribution < 1.29 is 8.78 Å². The fourth-order valence-corrected chi connectivity index (χ4v) is 1.53. The Bertz CT molecular complexity index is 310. The average Bonchev–Trinajstić information content (AvgIpc) is 2.13. The van der Waals surface area contributed by atoms with Crippen LogP contribution in [0.4, 0.5) is 8.78 Å². The lowest BCUT2D eigenvalue weighted by atomic mass is 9.98. The molecule has 0 saturated heterocycles. The third kappa shape index (κ3) is 2.10. The number of hydrogen-bond donors (Lipinski definition) is 1. The Morgan fingerprint density at radius 2 is 1.86 bits per heavy atom. The number of nitrogens with one attached hydrogen (secondary N) is 1. The van der Waals surface area contributed by atoms with Gasteiger partial charge < -0.3 is 5.32 Å². The van der Waals surface area contributed by atoms with Crippen LogP contribution in [0, 0.1) is 13.8 Å². The zero-order chi connectivity index (χ0) is 10.7. The van der Waals surface area contributed by atoms with Crippen LogP contribution in [0.3, 0.4) is 0 Å². The van der Waals surface area contributed by atoms with Gasteiger partial charge in [0.05, 0.1) is 6.04 Å². The molecule has 0 fully saturated rings. The molecule has 1 nitrogen and oxygen atoms in total. The van der Waals surface area contributed by atoms with Gasteiger partial charge in [-0.2, -0.15) is 0 Å². The molecule has 1 unspecified atom stereocenters. The molecule has 0 heterocycles. The second kappa shape index (κ2) is 4.51. The molecular weight excluding hydrogens is 184 g/mol. The SMILES string of the molecule is CNC(c1cccc(C)c1C)C(F)F. The molecule has 0 aliphatic carbocycles. The minimum Gasteiger partial charge on any atom is -0.308 e. The van der Waals surface area contributed by atoms with Crippen molar-refractivity contribution in [1.82, 2.24) is 5.32 Å². The summed E-state index contributed by atoms with van der Waals surface area (Å²) < 4.78 is 25.3. The highest BCUT2D eigenvalue weighted by atomic mass is 19.3. The fourth-order valence-electron chi connectivity index (χ4n) is 1.53. The molecule has 0 bridgehead atoms. The number of aryl methyl sites for hydroxylation is 1. The summed E-state index contributed by atoms with van der Waals surface area (Å²) in [7, 11) is 1.55. The van der Waals surface area contributed by atoms with Crippen LogP contribution in [0.5, 0.6) is 0 Å². The van der Waals surface area contributed by atoms with Crippen LogP contribution < -0.4 is 5.32 Å². The van der Waals surface area contributed by atoms with Crippen molar-refractivity contribution in [1.29, 1.82) is 0 Å². The van der Waals surface area contributed by atoms with E-state index in [4.69, 9.17) is 0 Å². The second-order valence-electron chi connectivity index (χ2n) is 3.39. The van der Waals surface area contributed by atoms with E-state index in [-0.39, 0.29) is 0 Å². The molecule has 1 aromatic carbocycles. The summed E-state index contributed by atoms with van der Waals surface area (Å²) in [6.45, 7) is 3.80. The standard InChI is InChI=1S/C11H15F2N/c1-7-5-4-6-9(8(7)2)10(14-3)11(12)13/h4-6,10-11,14H,1-3H3. The van der Waals surface area contributed by atoms with Crippen molar-refractivity contribution in [3.63, 3.8) is 0 Å². The normalized spacial score (nSPS) is 13.3. The Hall–Kier alpha value is -0.960. The van der Waals surface area contributed by atoms with Gasteiger partial charge in [-0.25, -0.2) is 8.78 Å². The summed E-state index contributed by atoms with van der Waals surface area (Å²) >= 11 is 0. The van der Waals surface area contributed by atoms with E-state index < -0.39 is 12.5 Å². The third-order valence-electron chi connectivity index (χ3n) is 2.54. The minimum atomic E-state index is -2.37. The van der Waals surface area contributed by atoms with Crippen molar-refractivity contribution in [2.24, 2.45) is 0 Å². The zero-order valence-electron chi connectivity index (χ0n) is 8.64. The summed E-state index contributed by atoms with van der Waals surface area (Å²) in [6.07, 6.45) is -2.37. The molecule has 0 radical (unpaired) electrons. The van der Waals surface area contributed by atoms with E-state index in [0.717, 1.165) is 11.1 Å². The molecule has 0 aromatic heterocycles. The molecule has 0 amide bonds. The number of halogens is 2. The van der Waals surface area contributed by atoms with E-state index in [1.807, 2.05) is 26.0 Å². The van der Waals surface area contributed by atoms with Crippen LogP contribution in [-0.4, -0.2) is 13.5 Å². The van der Waals surface area contributed by atoms with Crippen LogP contribution in [0.1, 0.15) is 22.7 Å². The summed E-state index contributed by atoms with van der Waals surface area (Å²) in [6, 6.07) is 4.62. The third-order valence-corrected chi connectivity index (χ3v) is 2.54. The molecule has 0 saturated carbocycles. The minimum absolute atomic E-state index is 0.683. The lowest BCUT2D eigenvalue weighted by molar-refractivity contribution is 0.102. The average molecular weight is 199 g/mol. The fraction of sp³-hybridized carbons (Fsp3) is 0.455. The molecule has 14 heavy (non-hydrogen) atoms. The summed E-state index contributed by atoms with van der Waals surface area (Å²) in [5.41, 5.74) is 2.66. The zero-order valence-corrected chi connectivity index (χ0v) is 8.64. The van der Waals surface area contributed by atoms with Gasteiger partial charge >= 0.3 is 0 Å². The lowest BCUT2D eigenvalue weighted by Gasteiger charge is -2.18. The van der Waals surface area contributed by atoms with Crippen LogP contribution in [0.2, 0.25) is 0 Å². The van der Waals surface area contributed by atoms with Gasteiger partial charge in [0, 0.05) is 0 Å². The van der Waals surface area contributed by atoms with E-state index in [0.29, 0.717) is 5.56 Å². The predicted molar refractivity (Wildman–Crippen MR) is 53.7 cm³/mol. The number of rotatable bonds is 3. The molecule has 1 N–H and O–H groups in total. The van der Waals surface area contributed by atoms with Gasteiger partial charge in [0.1, 0.15) is 0 Å². The van der Waals surface area contributed by atoms with Gasteiger partial charge in [0.2, 0.25) is 0 Å². The molecule has 1 aromatic rings. The monoisotopic (exact) mass is 199 g/mol. The van der Waals surface area contributed by atoms with Crippen LogP contribution in [0.25, 0.3) is 0 Å². The van der Waals surface area contributed by atoms with Gasteiger partial charge in [0.15, 0.2) is 0 Å². The first kappa shape index (κ1) is 11.1. The number of hydrogen-bond acceptors (Lipinski definition) is 1. The summed E-state index contributed by atoms with van der Waals surface area (Å²) in [5.74, 6) is 0. The molecular formula is C11H15F2N. The van der Waals surface area contributed by atoms with Crippen molar-refractivity contribution >= 4 is 0 Å². The molecule has 0 spiro atoms. The van der Waals surface area contributed by atoms with Crippen LogP contribution >= 0.6 is 0 Å². The first-order chi connectivity index (χ1) is 6.57. The largest absolute Gasteiger partial charge is 0.308 e. The van der Waals surface area contributed by atoms with E-state index in [1.165, 1.54) is 0 Å². The predicted octanol–water partition coefficient (Wildman–Crippen LogP) is 2.83. The molecule has 0 aliphatic rings. The Balaban J connectivity index is 3.10. The molecule has 0 aliphatic heterocycles. The van der Waals surface area contributed by atoms with E-state index in [1.54, 1.807) is 13.1 Å². The van der Waals surface area contributed by atoms with Gasteiger partial charge in [-0.05, 0) is 37.6 Å². The van der Waals surface area contributed by atoms with Crippen molar-refractivity contribution in [3.8, 4) is 0 Å². The van der Waals surface area contributed by atoms with Gasteiger partial charge in [-0.15, -0.1) is 0 Å². The quantitative estimate of drug-likeness (QED) is 0.789. The van der Waals surface area contributed by atoms with Gasteiger partial charge in [-0.3, -0.25) is 0 Å². The molecule has 1 rings (SSSR count). The molecule has 1 atom stereocenters. The first-order valence-electron chi connectivity index (χ1n) is 4.59. The highest BCUT2D eigenvalue weighted by Gasteiger charge is 2.21.